The van der Waals surface area contributed by atoms with E-state index < -0.39 is 11.6 Å². The number of benzene rings is 1. The van der Waals surface area contributed by atoms with E-state index in [1.807, 2.05) is 0 Å². The maximum Gasteiger partial charge on any atom is 0.128 e. The van der Waals surface area contributed by atoms with Crippen molar-refractivity contribution >= 4 is 5.69 Å². The number of hydrogen-bond donors (Lipinski definition) is 1. The number of halogens is 2. The highest BCUT2D eigenvalue weighted by molar-refractivity contribution is 5.43. The Hall–Kier alpha value is -1.12. The lowest BCUT2D eigenvalue weighted by atomic mass is 10.3. The van der Waals surface area contributed by atoms with Gasteiger partial charge in [0.15, 0.2) is 0 Å². The van der Waals surface area contributed by atoms with Crippen LogP contribution in [0.5, 0.6) is 0 Å². The number of rotatable bonds is 1. The van der Waals surface area contributed by atoms with E-state index in [0.29, 0.717) is 5.69 Å². The smallest absolute Gasteiger partial charge is 0.128 e. The molecule has 0 unspecified atom stereocenters. The predicted octanol–water partition coefficient (Wildman–Crippen LogP) is 2.17. The van der Waals surface area contributed by atoms with E-state index in [4.69, 9.17) is 0 Å². The van der Waals surface area contributed by atoms with E-state index in [1.54, 1.807) is 0 Å². The summed E-state index contributed by atoms with van der Waals surface area (Å²) in [6, 6.07) is 3.13. The van der Waals surface area contributed by atoms with Gasteiger partial charge in [0.05, 0.1) is 0 Å². The average molecular weight is 142 g/mol. The van der Waals surface area contributed by atoms with Crippen LogP contribution in [0, 0.1) is 18.7 Å². The van der Waals surface area contributed by atoms with Crippen molar-refractivity contribution in [2.45, 2.75) is 0 Å². The van der Waals surface area contributed by atoms with Crippen molar-refractivity contribution in [3.05, 3.63) is 36.9 Å². The minimum Gasteiger partial charge on any atom is -0.383 e. The number of anilines is 1. The van der Waals surface area contributed by atoms with Gasteiger partial charge in [0.25, 0.3) is 0 Å². The summed E-state index contributed by atoms with van der Waals surface area (Å²) in [4.78, 5) is 0. The summed E-state index contributed by atoms with van der Waals surface area (Å²) in [6.45, 7) is 0. The highest BCUT2D eigenvalue weighted by atomic mass is 19.1. The lowest BCUT2D eigenvalue weighted by molar-refractivity contribution is 0.584. The Morgan fingerprint density at radius 1 is 1.10 bits per heavy atom. The van der Waals surface area contributed by atoms with E-state index in [0.717, 1.165) is 18.2 Å². The van der Waals surface area contributed by atoms with Crippen molar-refractivity contribution in [2.24, 2.45) is 0 Å². The van der Waals surface area contributed by atoms with Crippen molar-refractivity contribution in [2.75, 3.05) is 5.32 Å². The molecule has 0 atom stereocenters. The molecule has 1 N–H and O–H groups in total. The molecule has 1 radical (unpaired) electrons. The number of hydrogen-bond acceptors (Lipinski definition) is 1. The number of nitrogens with one attached hydrogen (secondary N) is 1. The van der Waals surface area contributed by atoms with Gasteiger partial charge in [-0.05, 0) is 12.1 Å². The molecule has 0 heterocycles. The fourth-order valence-electron chi connectivity index (χ4n) is 0.656. The molecule has 0 saturated heterocycles. The summed E-state index contributed by atoms with van der Waals surface area (Å²) in [6.07, 6.45) is 0. The SMILES string of the molecule is [CH2]Nc1cc(F)cc(F)c1. The van der Waals surface area contributed by atoms with E-state index in [1.165, 1.54) is 0 Å². The van der Waals surface area contributed by atoms with Gasteiger partial charge in [0, 0.05) is 18.8 Å². The zero-order valence-corrected chi connectivity index (χ0v) is 5.20. The Kier molecular flexibility index (Phi) is 1.85. The van der Waals surface area contributed by atoms with Crippen LogP contribution in [0.25, 0.3) is 0 Å². The molecule has 0 spiro atoms. The Morgan fingerprint density at radius 2 is 1.60 bits per heavy atom. The van der Waals surface area contributed by atoms with Crippen LogP contribution >= 0.6 is 0 Å². The molecular formula is C7H6F2N. The second kappa shape index (κ2) is 2.64. The predicted molar refractivity (Wildman–Crippen MR) is 35.3 cm³/mol. The van der Waals surface area contributed by atoms with Crippen LogP contribution in [0.2, 0.25) is 0 Å². The average Bonchev–Trinajstić information content (AvgIpc) is 1.85. The van der Waals surface area contributed by atoms with E-state index in [2.05, 4.69) is 12.4 Å². The fraction of sp³-hybridized carbons (Fsp3) is 0. The first-order valence-corrected chi connectivity index (χ1v) is 2.71. The van der Waals surface area contributed by atoms with Gasteiger partial charge in [0.2, 0.25) is 0 Å². The normalized spacial score (nSPS) is 9.50. The molecule has 1 nitrogen and oxygen atoms in total. The van der Waals surface area contributed by atoms with Crippen LogP contribution in [0.15, 0.2) is 18.2 Å². The van der Waals surface area contributed by atoms with E-state index >= 15 is 0 Å². The zero-order valence-electron chi connectivity index (χ0n) is 5.20. The van der Waals surface area contributed by atoms with Crippen molar-refractivity contribution in [1.82, 2.24) is 0 Å². The Morgan fingerprint density at radius 3 is 2.00 bits per heavy atom. The molecule has 3 heteroatoms. The quantitative estimate of drug-likeness (QED) is 0.633. The lowest BCUT2D eigenvalue weighted by Crippen LogP contribution is -1.87. The third-order valence-corrected chi connectivity index (χ3v) is 1.07. The van der Waals surface area contributed by atoms with E-state index in [-0.39, 0.29) is 0 Å². The molecular weight excluding hydrogens is 136 g/mol. The van der Waals surface area contributed by atoms with Gasteiger partial charge in [-0.1, -0.05) is 0 Å². The van der Waals surface area contributed by atoms with Gasteiger partial charge in [-0.15, -0.1) is 0 Å². The minimum atomic E-state index is -0.605. The second-order valence-corrected chi connectivity index (χ2v) is 1.83. The molecule has 0 bridgehead atoms. The molecule has 0 saturated carbocycles. The molecule has 0 aliphatic heterocycles. The van der Waals surface area contributed by atoms with Crippen LogP contribution in [-0.4, -0.2) is 0 Å². The third-order valence-electron chi connectivity index (χ3n) is 1.07. The molecule has 0 aliphatic carbocycles. The highest BCUT2D eigenvalue weighted by Gasteiger charge is 1.96. The van der Waals surface area contributed by atoms with Crippen molar-refractivity contribution in [3.63, 3.8) is 0 Å². The second-order valence-electron chi connectivity index (χ2n) is 1.83. The molecule has 0 aliphatic rings. The standard InChI is InChI=1S/C7H6F2N/c1-10-7-3-5(8)2-6(9)4-7/h2-4,10H,1H2. The molecule has 1 aromatic rings. The summed E-state index contributed by atoms with van der Waals surface area (Å²) in [7, 11) is 3.25. The maximum atomic E-state index is 12.3. The first-order chi connectivity index (χ1) is 4.72. The summed E-state index contributed by atoms with van der Waals surface area (Å²) >= 11 is 0. The van der Waals surface area contributed by atoms with Crippen molar-refractivity contribution < 1.29 is 8.78 Å². The lowest BCUT2D eigenvalue weighted by Gasteiger charge is -1.98. The highest BCUT2D eigenvalue weighted by Crippen LogP contribution is 2.11. The molecule has 53 valence electrons. The van der Waals surface area contributed by atoms with Gasteiger partial charge in [-0.3, -0.25) is 0 Å². The Balaban J connectivity index is 3.06. The maximum absolute atomic E-state index is 12.3. The van der Waals surface area contributed by atoms with Crippen molar-refractivity contribution in [3.8, 4) is 0 Å². The molecule has 0 aromatic heterocycles. The molecule has 0 amide bonds. The van der Waals surface area contributed by atoms with Crippen LogP contribution in [0.4, 0.5) is 14.5 Å². The minimum absolute atomic E-state index is 0.331. The van der Waals surface area contributed by atoms with Crippen LogP contribution in [-0.2, 0) is 0 Å². The fourth-order valence-corrected chi connectivity index (χ4v) is 0.656. The van der Waals surface area contributed by atoms with Gasteiger partial charge in [-0.25, -0.2) is 8.78 Å². The summed E-state index contributed by atoms with van der Waals surface area (Å²) in [5.41, 5.74) is 0.331. The van der Waals surface area contributed by atoms with Gasteiger partial charge in [0.1, 0.15) is 11.6 Å². The molecule has 0 fully saturated rings. The Labute approximate surface area is 57.7 Å². The largest absolute Gasteiger partial charge is 0.383 e. The Bertz CT molecular complexity index is 215. The zero-order chi connectivity index (χ0) is 7.56. The topological polar surface area (TPSA) is 12.0 Å². The summed E-state index contributed by atoms with van der Waals surface area (Å²) < 4.78 is 24.6. The first kappa shape index (κ1) is 6.99. The summed E-state index contributed by atoms with van der Waals surface area (Å²) in [5, 5.41) is 2.38. The summed E-state index contributed by atoms with van der Waals surface area (Å²) in [5.74, 6) is -1.21. The van der Waals surface area contributed by atoms with Crippen LogP contribution in [0.1, 0.15) is 0 Å². The first-order valence-electron chi connectivity index (χ1n) is 2.71. The molecule has 10 heavy (non-hydrogen) atoms. The van der Waals surface area contributed by atoms with Gasteiger partial charge in [-0.2, -0.15) is 0 Å². The van der Waals surface area contributed by atoms with Gasteiger partial charge < -0.3 is 5.32 Å². The van der Waals surface area contributed by atoms with Crippen LogP contribution in [0.3, 0.4) is 0 Å². The third kappa shape index (κ3) is 1.43. The molecule has 1 aromatic carbocycles. The van der Waals surface area contributed by atoms with Crippen LogP contribution < -0.4 is 5.32 Å². The monoisotopic (exact) mass is 142 g/mol. The van der Waals surface area contributed by atoms with Crippen molar-refractivity contribution in [1.29, 1.82) is 0 Å². The van der Waals surface area contributed by atoms with E-state index in [9.17, 15) is 8.78 Å². The molecule has 1 rings (SSSR count). The van der Waals surface area contributed by atoms with Gasteiger partial charge >= 0.3 is 0 Å².